The van der Waals surface area contributed by atoms with Crippen LogP contribution in [0.5, 0.6) is 0 Å². The first kappa shape index (κ1) is 24.6. The third-order valence-corrected chi connectivity index (χ3v) is 7.81. The first-order valence-electron chi connectivity index (χ1n) is 12.1. The Kier molecular flexibility index (Phi) is 6.23. The lowest BCUT2D eigenvalue weighted by atomic mass is 10.1. The first-order valence-corrected chi connectivity index (χ1v) is 12.9. The molecule has 1 aliphatic rings. The van der Waals surface area contributed by atoms with Crippen LogP contribution in [-0.2, 0) is 6.54 Å². The number of rotatable bonds is 6. The Labute approximate surface area is 224 Å². The lowest BCUT2D eigenvalue weighted by Gasteiger charge is -2.17. The van der Waals surface area contributed by atoms with Gasteiger partial charge in [-0.15, -0.1) is 11.3 Å². The number of hydrogen-bond acceptors (Lipinski definition) is 9. The summed E-state index contributed by atoms with van der Waals surface area (Å²) in [6.45, 7) is 2.16. The van der Waals surface area contributed by atoms with E-state index < -0.39 is 17.7 Å². The van der Waals surface area contributed by atoms with Crippen LogP contribution in [-0.4, -0.2) is 24.5 Å². The number of nitrogens with two attached hydrogens (primary N) is 1. The second-order valence-electron chi connectivity index (χ2n) is 9.03. The van der Waals surface area contributed by atoms with Crippen LogP contribution in [0.25, 0.3) is 23.2 Å². The minimum Gasteiger partial charge on any atom is -0.383 e. The quantitative estimate of drug-likeness (QED) is 0.298. The molecule has 0 fully saturated rings. The maximum Gasteiger partial charge on any atom is 0.265 e. The molecule has 0 aliphatic carbocycles. The van der Waals surface area contributed by atoms with Gasteiger partial charge in [0.25, 0.3) is 5.56 Å². The number of aromatic nitrogens is 5. The smallest absolute Gasteiger partial charge is 0.265 e. The molecule has 0 spiro atoms. The van der Waals surface area contributed by atoms with E-state index in [4.69, 9.17) is 5.73 Å². The molecule has 12 heteroatoms. The average molecular weight is 545 g/mol. The van der Waals surface area contributed by atoms with Crippen LogP contribution in [0.3, 0.4) is 0 Å². The van der Waals surface area contributed by atoms with Crippen LogP contribution < -0.4 is 32.5 Å². The predicted molar refractivity (Wildman–Crippen MR) is 146 cm³/mol. The molecule has 0 saturated heterocycles. The number of benzene rings is 1. The van der Waals surface area contributed by atoms with E-state index in [1.165, 1.54) is 23.3 Å². The van der Waals surface area contributed by atoms with E-state index in [-0.39, 0.29) is 11.6 Å². The van der Waals surface area contributed by atoms with Gasteiger partial charge < -0.3 is 16.4 Å². The number of thiophene rings is 1. The minimum atomic E-state index is -0.972. The van der Waals surface area contributed by atoms with Crippen molar-refractivity contribution in [1.82, 2.24) is 29.8 Å². The SMILES string of the molecule is C[C@@H](c1ccc(F)c(F)c1)n1cnc2ccnc(NCc3ccc(C4C=c5c(N)ncnc5=CN4)s3)c2c1=O. The molecule has 5 aromatic rings. The highest BCUT2D eigenvalue weighted by molar-refractivity contribution is 7.12. The lowest BCUT2D eigenvalue weighted by Crippen LogP contribution is -2.39. The van der Waals surface area contributed by atoms with Gasteiger partial charge in [-0.2, -0.15) is 0 Å². The van der Waals surface area contributed by atoms with Gasteiger partial charge in [0.15, 0.2) is 11.6 Å². The maximum atomic E-state index is 13.8. The fourth-order valence-corrected chi connectivity index (χ4v) is 5.49. The summed E-state index contributed by atoms with van der Waals surface area (Å²) in [5.41, 5.74) is 6.61. The molecular formula is C27H22F2N8OS. The molecule has 0 bridgehead atoms. The zero-order valence-electron chi connectivity index (χ0n) is 20.6. The molecule has 1 unspecified atom stereocenters. The zero-order valence-corrected chi connectivity index (χ0v) is 21.4. The van der Waals surface area contributed by atoms with Gasteiger partial charge in [0, 0.05) is 27.4 Å². The van der Waals surface area contributed by atoms with Crippen LogP contribution in [0.2, 0.25) is 0 Å². The number of nitrogen functional groups attached to an aromatic ring is 1. The molecule has 2 atom stereocenters. The molecule has 9 nitrogen and oxygen atoms in total. The number of nitrogens with one attached hydrogen (secondary N) is 2. The fourth-order valence-electron chi connectivity index (χ4n) is 4.50. The summed E-state index contributed by atoms with van der Waals surface area (Å²) < 4.78 is 28.6. The van der Waals surface area contributed by atoms with E-state index >= 15 is 0 Å². The Balaban J connectivity index is 1.26. The number of nitrogens with zero attached hydrogens (tertiary/aromatic N) is 5. The topological polar surface area (TPSA) is 124 Å². The fraction of sp³-hybridized carbons (Fsp3) is 0.148. The van der Waals surface area contributed by atoms with Crippen molar-refractivity contribution >= 4 is 46.2 Å². The van der Waals surface area contributed by atoms with Crippen molar-refractivity contribution in [3.63, 3.8) is 0 Å². The number of fused-ring (bicyclic) bond motifs is 2. The van der Waals surface area contributed by atoms with Crippen LogP contribution in [0, 0.1) is 11.6 Å². The molecule has 4 aromatic heterocycles. The van der Waals surface area contributed by atoms with Crippen LogP contribution in [0.1, 0.15) is 34.3 Å². The minimum absolute atomic E-state index is 0.0746. The van der Waals surface area contributed by atoms with Crippen molar-refractivity contribution < 1.29 is 8.78 Å². The highest BCUT2D eigenvalue weighted by atomic mass is 32.1. The van der Waals surface area contributed by atoms with E-state index in [1.807, 2.05) is 24.4 Å². The molecule has 196 valence electrons. The lowest BCUT2D eigenvalue weighted by molar-refractivity contribution is 0.502. The summed E-state index contributed by atoms with van der Waals surface area (Å²) >= 11 is 1.61. The summed E-state index contributed by atoms with van der Waals surface area (Å²) in [5, 5.41) is 8.46. The second-order valence-corrected chi connectivity index (χ2v) is 10.2. The number of pyridine rings is 1. The van der Waals surface area contributed by atoms with Crippen LogP contribution in [0.15, 0.2) is 60.0 Å². The summed E-state index contributed by atoms with van der Waals surface area (Å²) in [4.78, 5) is 32.7. The molecule has 0 amide bonds. The number of anilines is 2. The Morgan fingerprint density at radius 2 is 2.00 bits per heavy atom. The van der Waals surface area contributed by atoms with Gasteiger partial charge in [-0.05, 0) is 48.9 Å². The molecule has 1 aliphatic heterocycles. The maximum absolute atomic E-state index is 13.8. The summed E-state index contributed by atoms with van der Waals surface area (Å²) in [7, 11) is 0. The molecule has 0 saturated carbocycles. The molecule has 6 rings (SSSR count). The third kappa shape index (κ3) is 4.59. The van der Waals surface area contributed by atoms with E-state index in [9.17, 15) is 13.6 Å². The van der Waals surface area contributed by atoms with Crippen LogP contribution >= 0.6 is 11.3 Å². The Hall–Kier alpha value is -4.71. The van der Waals surface area contributed by atoms with Crippen molar-refractivity contribution in [3.8, 4) is 0 Å². The second kappa shape index (κ2) is 9.87. The van der Waals surface area contributed by atoms with E-state index in [2.05, 4.69) is 30.6 Å². The van der Waals surface area contributed by atoms with Gasteiger partial charge >= 0.3 is 0 Å². The molecule has 5 heterocycles. The zero-order chi connectivity index (χ0) is 27.1. The van der Waals surface area contributed by atoms with Gasteiger partial charge in [0.2, 0.25) is 0 Å². The average Bonchev–Trinajstić information content (AvgIpc) is 3.42. The van der Waals surface area contributed by atoms with E-state index in [1.54, 1.807) is 30.5 Å². The molecule has 1 aromatic carbocycles. The van der Waals surface area contributed by atoms with Crippen LogP contribution in [0.4, 0.5) is 20.4 Å². The van der Waals surface area contributed by atoms with Gasteiger partial charge in [-0.3, -0.25) is 9.36 Å². The largest absolute Gasteiger partial charge is 0.383 e. The molecule has 39 heavy (non-hydrogen) atoms. The van der Waals surface area contributed by atoms with Gasteiger partial charge in [0.05, 0.1) is 35.8 Å². The molecular weight excluding hydrogens is 522 g/mol. The Morgan fingerprint density at radius 3 is 2.85 bits per heavy atom. The number of hydrogen-bond donors (Lipinski definition) is 3. The van der Waals surface area contributed by atoms with Gasteiger partial charge in [0.1, 0.15) is 23.3 Å². The highest BCUT2D eigenvalue weighted by Gasteiger charge is 2.18. The first-order chi connectivity index (χ1) is 18.9. The Morgan fingerprint density at radius 1 is 1.13 bits per heavy atom. The van der Waals surface area contributed by atoms with Crippen molar-refractivity contribution in [3.05, 3.63) is 103 Å². The van der Waals surface area contributed by atoms with Crippen molar-refractivity contribution in [2.75, 3.05) is 11.1 Å². The van der Waals surface area contributed by atoms with Gasteiger partial charge in [-0.1, -0.05) is 6.07 Å². The molecule has 4 N–H and O–H groups in total. The van der Waals surface area contributed by atoms with Crippen molar-refractivity contribution in [2.24, 2.45) is 0 Å². The molecule has 0 radical (unpaired) electrons. The van der Waals surface area contributed by atoms with E-state index in [0.29, 0.717) is 34.6 Å². The van der Waals surface area contributed by atoms with Crippen molar-refractivity contribution in [2.45, 2.75) is 25.6 Å². The monoisotopic (exact) mass is 544 g/mol. The predicted octanol–water partition coefficient (Wildman–Crippen LogP) is 2.59. The highest BCUT2D eigenvalue weighted by Crippen LogP contribution is 2.27. The number of halogens is 2. The van der Waals surface area contributed by atoms with E-state index in [0.717, 1.165) is 32.5 Å². The standard InChI is InChI=1S/C27H22F2N8OS/c1-14(15-2-4-18(28)19(29)8-15)37-13-36-20-6-7-31-26(24(20)27(37)38)33-10-16-3-5-23(39-16)21-9-17-22(11-32-21)34-12-35-25(17)30/h2-9,11-14,21,32H,10H2,1H3,(H,31,33)(H2,30,34,35)/t14-,21?/m0/s1. The summed E-state index contributed by atoms with van der Waals surface area (Å²) in [5.74, 6) is -1.09. The third-order valence-electron chi connectivity index (χ3n) is 6.64. The van der Waals surface area contributed by atoms with Gasteiger partial charge in [-0.25, -0.2) is 28.7 Å². The summed E-state index contributed by atoms with van der Waals surface area (Å²) in [6, 6.07) is 8.64. The Bertz CT molecular complexity index is 1900. The van der Waals surface area contributed by atoms with Crippen molar-refractivity contribution in [1.29, 1.82) is 0 Å². The summed E-state index contributed by atoms with van der Waals surface area (Å²) in [6.07, 6.45) is 8.26. The normalized spacial score (nSPS) is 15.1.